The predicted molar refractivity (Wildman–Crippen MR) is 81.2 cm³/mol. The normalized spacial score (nSPS) is 11.4. The van der Waals surface area contributed by atoms with Crippen LogP contribution >= 0.6 is 0 Å². The number of likely N-dealkylation sites (N-methyl/N-ethyl adjacent to an activating group) is 1. The predicted octanol–water partition coefficient (Wildman–Crippen LogP) is 1.44. The minimum absolute atomic E-state index is 0.906. The van der Waals surface area contributed by atoms with Crippen molar-refractivity contribution >= 4 is 0 Å². The third-order valence-corrected chi connectivity index (χ3v) is 3.18. The fourth-order valence-corrected chi connectivity index (χ4v) is 2.01. The number of aromatic nitrogens is 1. The van der Waals surface area contributed by atoms with Crippen LogP contribution in [0.4, 0.5) is 0 Å². The molecule has 0 aromatic carbocycles. The van der Waals surface area contributed by atoms with Crippen molar-refractivity contribution in [1.82, 2.24) is 20.1 Å². The van der Waals surface area contributed by atoms with E-state index in [1.54, 1.807) is 0 Å². The summed E-state index contributed by atoms with van der Waals surface area (Å²) in [5, 5.41) is 3.47. The van der Waals surface area contributed by atoms with Gasteiger partial charge in [0.15, 0.2) is 0 Å². The molecule has 1 aromatic rings. The van der Waals surface area contributed by atoms with Crippen LogP contribution in [0.25, 0.3) is 0 Å². The molecule has 0 amide bonds. The molecule has 4 heteroatoms. The molecule has 0 aliphatic rings. The molecule has 4 nitrogen and oxygen atoms in total. The third kappa shape index (κ3) is 7.93. The summed E-state index contributed by atoms with van der Waals surface area (Å²) in [5.74, 6) is 0. The Morgan fingerprint density at radius 2 is 2.05 bits per heavy atom. The zero-order valence-corrected chi connectivity index (χ0v) is 12.6. The van der Waals surface area contributed by atoms with Crippen molar-refractivity contribution in [2.45, 2.75) is 19.9 Å². The largest absolute Gasteiger partial charge is 0.311 e. The third-order valence-electron chi connectivity index (χ3n) is 3.18. The second-order valence-electron chi connectivity index (χ2n) is 5.13. The zero-order valence-electron chi connectivity index (χ0n) is 12.6. The average molecular weight is 264 g/mol. The molecule has 1 rings (SSSR count). The van der Waals surface area contributed by atoms with Crippen LogP contribution in [-0.2, 0) is 6.54 Å². The van der Waals surface area contributed by atoms with Crippen molar-refractivity contribution in [2.75, 3.05) is 46.8 Å². The van der Waals surface area contributed by atoms with Gasteiger partial charge in [0, 0.05) is 32.0 Å². The van der Waals surface area contributed by atoms with Gasteiger partial charge in [-0.3, -0.25) is 4.98 Å². The van der Waals surface area contributed by atoms with Crippen LogP contribution in [0.5, 0.6) is 0 Å². The Bertz CT molecular complexity index is 313. The maximum absolute atomic E-state index is 4.12. The van der Waals surface area contributed by atoms with E-state index in [0.717, 1.165) is 26.2 Å². The smallest absolute Gasteiger partial charge is 0.0312 e. The highest BCUT2D eigenvalue weighted by Crippen LogP contribution is 1.95. The molecule has 19 heavy (non-hydrogen) atoms. The Morgan fingerprint density at radius 1 is 1.21 bits per heavy atom. The highest BCUT2D eigenvalue weighted by atomic mass is 15.1. The summed E-state index contributed by atoms with van der Waals surface area (Å²) >= 11 is 0. The van der Waals surface area contributed by atoms with Crippen molar-refractivity contribution in [1.29, 1.82) is 0 Å². The number of pyridine rings is 1. The average Bonchev–Trinajstić information content (AvgIpc) is 2.42. The van der Waals surface area contributed by atoms with Crippen LogP contribution in [0.1, 0.15) is 18.9 Å². The number of nitrogens with zero attached hydrogens (tertiary/aromatic N) is 3. The molecular weight excluding hydrogens is 236 g/mol. The molecule has 0 saturated heterocycles. The van der Waals surface area contributed by atoms with Gasteiger partial charge >= 0.3 is 0 Å². The molecule has 0 atom stereocenters. The van der Waals surface area contributed by atoms with Crippen LogP contribution in [0.2, 0.25) is 0 Å². The van der Waals surface area contributed by atoms with E-state index in [1.165, 1.54) is 25.1 Å². The fraction of sp³-hybridized carbons (Fsp3) is 0.667. The Hall–Kier alpha value is -0.970. The van der Waals surface area contributed by atoms with Crippen LogP contribution in [-0.4, -0.2) is 61.6 Å². The summed E-state index contributed by atoms with van der Waals surface area (Å²) in [4.78, 5) is 8.86. The monoisotopic (exact) mass is 264 g/mol. The highest BCUT2D eigenvalue weighted by molar-refractivity contribution is 5.07. The number of rotatable bonds is 10. The molecule has 0 radical (unpaired) electrons. The van der Waals surface area contributed by atoms with E-state index in [2.05, 4.69) is 47.2 Å². The molecule has 0 spiro atoms. The summed E-state index contributed by atoms with van der Waals surface area (Å²) in [5.41, 5.74) is 1.25. The van der Waals surface area contributed by atoms with E-state index in [-0.39, 0.29) is 0 Å². The van der Waals surface area contributed by atoms with Crippen LogP contribution in [0.3, 0.4) is 0 Å². The van der Waals surface area contributed by atoms with E-state index in [0.29, 0.717) is 0 Å². The quantitative estimate of drug-likeness (QED) is 0.648. The summed E-state index contributed by atoms with van der Waals surface area (Å²) < 4.78 is 0. The Kier molecular flexibility index (Phi) is 8.38. The van der Waals surface area contributed by atoms with Crippen molar-refractivity contribution < 1.29 is 0 Å². The summed E-state index contributed by atoms with van der Waals surface area (Å²) in [7, 11) is 4.26. The number of nitrogens with one attached hydrogen (secondary N) is 1. The first-order valence-corrected chi connectivity index (χ1v) is 7.19. The van der Waals surface area contributed by atoms with Crippen LogP contribution < -0.4 is 5.32 Å². The Labute approximate surface area is 117 Å². The first-order chi connectivity index (χ1) is 9.22. The standard InChI is InChI=1S/C15H28N4/c1-4-19(11-6-10-18(2)3)12-9-17-14-15-7-5-8-16-13-15/h5,7-8,13,17H,4,6,9-12,14H2,1-3H3. The van der Waals surface area contributed by atoms with E-state index in [1.807, 2.05) is 18.5 Å². The lowest BCUT2D eigenvalue weighted by Crippen LogP contribution is -2.33. The summed E-state index contributed by atoms with van der Waals surface area (Å²) in [6, 6.07) is 4.09. The molecule has 0 fully saturated rings. The van der Waals surface area contributed by atoms with Crippen LogP contribution in [0, 0.1) is 0 Å². The molecule has 0 bridgehead atoms. The topological polar surface area (TPSA) is 31.4 Å². The lowest BCUT2D eigenvalue weighted by molar-refractivity contribution is 0.266. The molecule has 0 unspecified atom stereocenters. The van der Waals surface area contributed by atoms with Crippen molar-refractivity contribution in [3.63, 3.8) is 0 Å². The van der Waals surface area contributed by atoms with E-state index < -0.39 is 0 Å². The van der Waals surface area contributed by atoms with E-state index in [4.69, 9.17) is 0 Å². The molecule has 1 heterocycles. The summed E-state index contributed by atoms with van der Waals surface area (Å²) in [6.07, 6.45) is 4.97. The van der Waals surface area contributed by atoms with Crippen molar-refractivity contribution in [3.8, 4) is 0 Å². The molecule has 0 aliphatic carbocycles. The Balaban J connectivity index is 2.09. The zero-order chi connectivity index (χ0) is 13.9. The van der Waals surface area contributed by atoms with Gasteiger partial charge in [-0.1, -0.05) is 13.0 Å². The maximum atomic E-state index is 4.12. The van der Waals surface area contributed by atoms with Gasteiger partial charge in [0.25, 0.3) is 0 Å². The van der Waals surface area contributed by atoms with Gasteiger partial charge in [0.1, 0.15) is 0 Å². The second kappa shape index (κ2) is 9.89. The van der Waals surface area contributed by atoms with Gasteiger partial charge in [0.05, 0.1) is 0 Å². The number of hydrogen-bond donors (Lipinski definition) is 1. The maximum Gasteiger partial charge on any atom is 0.0312 e. The molecule has 0 saturated carbocycles. The lowest BCUT2D eigenvalue weighted by Gasteiger charge is -2.21. The van der Waals surface area contributed by atoms with Gasteiger partial charge < -0.3 is 15.1 Å². The fourth-order valence-electron chi connectivity index (χ4n) is 2.01. The first-order valence-electron chi connectivity index (χ1n) is 7.19. The molecule has 0 aliphatic heterocycles. The molecule has 1 N–H and O–H groups in total. The van der Waals surface area contributed by atoms with E-state index in [9.17, 15) is 0 Å². The van der Waals surface area contributed by atoms with Gasteiger partial charge in [0.2, 0.25) is 0 Å². The minimum atomic E-state index is 0.906. The number of hydrogen-bond acceptors (Lipinski definition) is 4. The Morgan fingerprint density at radius 3 is 2.68 bits per heavy atom. The second-order valence-corrected chi connectivity index (χ2v) is 5.13. The van der Waals surface area contributed by atoms with Crippen LogP contribution in [0.15, 0.2) is 24.5 Å². The molecule has 1 aromatic heterocycles. The molecular formula is C15H28N4. The van der Waals surface area contributed by atoms with Gasteiger partial charge in [-0.05, 0) is 51.8 Å². The molecule has 108 valence electrons. The van der Waals surface area contributed by atoms with E-state index >= 15 is 0 Å². The van der Waals surface area contributed by atoms with Crippen molar-refractivity contribution in [2.24, 2.45) is 0 Å². The highest BCUT2D eigenvalue weighted by Gasteiger charge is 2.02. The van der Waals surface area contributed by atoms with Gasteiger partial charge in [-0.2, -0.15) is 0 Å². The van der Waals surface area contributed by atoms with Gasteiger partial charge in [-0.25, -0.2) is 0 Å². The lowest BCUT2D eigenvalue weighted by atomic mass is 10.3. The van der Waals surface area contributed by atoms with Crippen molar-refractivity contribution in [3.05, 3.63) is 30.1 Å². The first kappa shape index (κ1) is 16.1. The van der Waals surface area contributed by atoms with Gasteiger partial charge in [-0.15, -0.1) is 0 Å². The summed E-state index contributed by atoms with van der Waals surface area (Å²) in [6.45, 7) is 8.76. The minimum Gasteiger partial charge on any atom is -0.311 e. The SMILES string of the molecule is CCN(CCCN(C)C)CCNCc1cccnc1.